The fraction of sp³-hybridized carbons (Fsp3) is 0.278. The summed E-state index contributed by atoms with van der Waals surface area (Å²) < 4.78 is 19.0. The van der Waals surface area contributed by atoms with Crippen molar-refractivity contribution in [1.29, 1.82) is 0 Å². The van der Waals surface area contributed by atoms with Crippen LogP contribution in [-0.2, 0) is 4.79 Å². The van der Waals surface area contributed by atoms with Gasteiger partial charge >= 0.3 is 0 Å². The van der Waals surface area contributed by atoms with E-state index in [0.717, 1.165) is 11.4 Å². The van der Waals surface area contributed by atoms with Gasteiger partial charge in [0.25, 0.3) is 0 Å². The summed E-state index contributed by atoms with van der Waals surface area (Å²) in [5, 5.41) is 2.94. The number of benzene rings is 2. The molecule has 2 aromatic rings. The minimum absolute atomic E-state index is 0.0144. The molecule has 1 amide bonds. The smallest absolute Gasteiger partial charge is 0.246 e. The van der Waals surface area contributed by atoms with Gasteiger partial charge in [0, 0.05) is 6.54 Å². The Hall–Kier alpha value is -2.56. The molecule has 0 radical (unpaired) electrons. The van der Waals surface area contributed by atoms with Gasteiger partial charge in [-0.3, -0.25) is 4.79 Å². The van der Waals surface area contributed by atoms with Gasteiger partial charge in [0.2, 0.25) is 5.91 Å². The van der Waals surface area contributed by atoms with E-state index in [1.54, 1.807) is 11.0 Å². The number of carbonyl (C=O) groups excluding carboxylic acids is 1. The van der Waals surface area contributed by atoms with Gasteiger partial charge in [-0.15, -0.1) is 0 Å². The van der Waals surface area contributed by atoms with E-state index in [4.69, 9.17) is 4.74 Å². The Morgan fingerprint density at radius 1 is 1.22 bits per heavy atom. The van der Waals surface area contributed by atoms with Crippen molar-refractivity contribution in [2.24, 2.45) is 0 Å². The third kappa shape index (κ3) is 3.62. The Kier molecular flexibility index (Phi) is 4.46. The molecule has 0 saturated heterocycles. The van der Waals surface area contributed by atoms with Gasteiger partial charge in [0.15, 0.2) is 0 Å². The van der Waals surface area contributed by atoms with Crippen molar-refractivity contribution in [2.45, 2.75) is 13.3 Å². The molecular formula is C18H19FN2O2. The van der Waals surface area contributed by atoms with Gasteiger partial charge in [0.1, 0.15) is 11.6 Å². The summed E-state index contributed by atoms with van der Waals surface area (Å²) >= 11 is 0. The summed E-state index contributed by atoms with van der Waals surface area (Å²) in [6.45, 7) is 3.29. The summed E-state index contributed by atoms with van der Waals surface area (Å²) in [4.78, 5) is 13.8. The molecule has 0 atom stereocenters. The van der Waals surface area contributed by atoms with Crippen molar-refractivity contribution in [2.75, 3.05) is 29.9 Å². The number of nitrogens with zero attached hydrogens (tertiary/aromatic N) is 1. The third-order valence-electron chi connectivity index (χ3n) is 3.80. The van der Waals surface area contributed by atoms with E-state index in [2.05, 4.69) is 5.32 Å². The van der Waals surface area contributed by atoms with E-state index < -0.39 is 0 Å². The number of halogens is 1. The van der Waals surface area contributed by atoms with Crippen LogP contribution in [0.4, 0.5) is 15.8 Å². The first-order valence-electron chi connectivity index (χ1n) is 7.67. The van der Waals surface area contributed by atoms with Crippen LogP contribution < -0.4 is 15.0 Å². The van der Waals surface area contributed by atoms with Crippen LogP contribution in [0.2, 0.25) is 0 Å². The Labute approximate surface area is 134 Å². The predicted octanol–water partition coefficient (Wildman–Crippen LogP) is 3.36. The first-order valence-corrected chi connectivity index (χ1v) is 7.67. The van der Waals surface area contributed by atoms with Crippen molar-refractivity contribution in [3.8, 4) is 5.75 Å². The number of amides is 1. The molecule has 0 aromatic heterocycles. The molecule has 3 rings (SSSR count). The van der Waals surface area contributed by atoms with Crippen LogP contribution in [-0.4, -0.2) is 25.6 Å². The van der Waals surface area contributed by atoms with Crippen LogP contribution in [0.25, 0.3) is 0 Å². The number of fused-ring (bicyclic) bond motifs is 1. The molecule has 1 N–H and O–H groups in total. The van der Waals surface area contributed by atoms with E-state index in [9.17, 15) is 9.18 Å². The molecule has 1 heterocycles. The number of aryl methyl sites for hydroxylation is 1. The zero-order valence-corrected chi connectivity index (χ0v) is 13.0. The minimum atomic E-state index is -0.312. The van der Waals surface area contributed by atoms with Crippen molar-refractivity contribution in [3.05, 3.63) is 53.8 Å². The highest BCUT2D eigenvalue weighted by molar-refractivity contribution is 6.02. The predicted molar refractivity (Wildman–Crippen MR) is 88.5 cm³/mol. The van der Waals surface area contributed by atoms with Gasteiger partial charge < -0.3 is 15.0 Å². The highest BCUT2D eigenvalue weighted by Gasteiger charge is 2.23. The van der Waals surface area contributed by atoms with Gasteiger partial charge in [-0.25, -0.2) is 4.39 Å². The van der Waals surface area contributed by atoms with Crippen molar-refractivity contribution >= 4 is 17.3 Å². The van der Waals surface area contributed by atoms with Gasteiger partial charge in [-0.05, 0) is 43.7 Å². The molecule has 1 aliphatic rings. The third-order valence-corrected chi connectivity index (χ3v) is 3.80. The standard InChI is InChI=1S/C18H19FN2O2/c1-13-3-6-15(7-4-13)23-10-2-9-21-17-8-5-14(19)11-16(17)20-12-18(21)22/h3-8,11,20H,2,9-10,12H2,1H3. The van der Waals surface area contributed by atoms with Crippen LogP contribution >= 0.6 is 0 Å². The van der Waals surface area contributed by atoms with E-state index >= 15 is 0 Å². The molecular weight excluding hydrogens is 295 g/mol. The summed E-state index contributed by atoms with van der Waals surface area (Å²) in [7, 11) is 0. The number of carbonyl (C=O) groups is 1. The van der Waals surface area contributed by atoms with E-state index in [-0.39, 0.29) is 18.3 Å². The second kappa shape index (κ2) is 6.69. The van der Waals surface area contributed by atoms with Crippen molar-refractivity contribution in [1.82, 2.24) is 0 Å². The van der Waals surface area contributed by atoms with Gasteiger partial charge in [-0.1, -0.05) is 17.7 Å². The lowest BCUT2D eigenvalue weighted by Gasteiger charge is -2.30. The minimum Gasteiger partial charge on any atom is -0.494 e. The summed E-state index contributed by atoms with van der Waals surface area (Å²) in [6.07, 6.45) is 0.705. The molecule has 1 aliphatic heterocycles. The first kappa shape index (κ1) is 15.3. The second-order valence-electron chi connectivity index (χ2n) is 5.58. The topological polar surface area (TPSA) is 41.6 Å². The lowest BCUT2D eigenvalue weighted by atomic mass is 10.2. The molecule has 0 bridgehead atoms. The molecule has 23 heavy (non-hydrogen) atoms. The molecule has 0 aliphatic carbocycles. The number of hydrogen-bond acceptors (Lipinski definition) is 3. The Balaban J connectivity index is 1.57. The van der Waals surface area contributed by atoms with E-state index in [1.807, 2.05) is 31.2 Å². The summed E-state index contributed by atoms with van der Waals surface area (Å²) in [5.74, 6) is 0.498. The maximum absolute atomic E-state index is 13.3. The molecule has 5 heteroatoms. The van der Waals surface area contributed by atoms with E-state index in [1.165, 1.54) is 17.7 Å². The summed E-state index contributed by atoms with van der Waals surface area (Å²) in [6, 6.07) is 12.3. The molecule has 0 spiro atoms. The van der Waals surface area contributed by atoms with Gasteiger partial charge in [-0.2, -0.15) is 0 Å². The first-order chi connectivity index (χ1) is 11.1. The number of ether oxygens (including phenoxy) is 1. The average Bonchev–Trinajstić information content (AvgIpc) is 2.55. The van der Waals surface area contributed by atoms with E-state index in [0.29, 0.717) is 25.3 Å². The average molecular weight is 314 g/mol. The van der Waals surface area contributed by atoms with Crippen molar-refractivity contribution < 1.29 is 13.9 Å². The molecule has 120 valence electrons. The molecule has 0 saturated carbocycles. The number of nitrogens with one attached hydrogen (secondary N) is 1. The highest BCUT2D eigenvalue weighted by Crippen LogP contribution is 2.30. The second-order valence-corrected chi connectivity index (χ2v) is 5.58. The van der Waals surface area contributed by atoms with Crippen LogP contribution in [0.3, 0.4) is 0 Å². The highest BCUT2D eigenvalue weighted by atomic mass is 19.1. The number of rotatable bonds is 5. The Morgan fingerprint density at radius 3 is 2.78 bits per heavy atom. The zero-order valence-electron chi connectivity index (χ0n) is 13.0. The molecule has 4 nitrogen and oxygen atoms in total. The number of hydrogen-bond donors (Lipinski definition) is 1. The normalized spacial score (nSPS) is 13.5. The fourth-order valence-electron chi connectivity index (χ4n) is 2.58. The largest absolute Gasteiger partial charge is 0.494 e. The SMILES string of the molecule is Cc1ccc(OCCCN2C(=O)CNc3cc(F)ccc32)cc1. The van der Waals surface area contributed by atoms with Crippen molar-refractivity contribution in [3.63, 3.8) is 0 Å². The molecule has 2 aromatic carbocycles. The Bertz CT molecular complexity index is 701. The van der Waals surface area contributed by atoms with Crippen LogP contribution in [0, 0.1) is 12.7 Å². The van der Waals surface area contributed by atoms with Crippen LogP contribution in [0.5, 0.6) is 5.75 Å². The monoisotopic (exact) mass is 314 g/mol. The maximum atomic E-state index is 13.3. The van der Waals surface area contributed by atoms with Crippen LogP contribution in [0.15, 0.2) is 42.5 Å². The summed E-state index contributed by atoms with van der Waals surface area (Å²) in [5.41, 5.74) is 2.56. The maximum Gasteiger partial charge on any atom is 0.246 e. The van der Waals surface area contributed by atoms with Crippen LogP contribution in [0.1, 0.15) is 12.0 Å². The number of anilines is 2. The van der Waals surface area contributed by atoms with Gasteiger partial charge in [0.05, 0.1) is 24.5 Å². The molecule has 0 fully saturated rings. The molecule has 0 unspecified atom stereocenters. The Morgan fingerprint density at radius 2 is 2.00 bits per heavy atom. The lowest BCUT2D eigenvalue weighted by Crippen LogP contribution is -2.40. The zero-order chi connectivity index (χ0) is 16.2. The quantitative estimate of drug-likeness (QED) is 0.861. The lowest BCUT2D eigenvalue weighted by molar-refractivity contribution is -0.117. The fourth-order valence-corrected chi connectivity index (χ4v) is 2.58.